The van der Waals surface area contributed by atoms with Gasteiger partial charge in [-0.3, -0.25) is 0 Å². The number of nitrogens with two attached hydrogens (primary N) is 1. The molecule has 0 saturated carbocycles. The number of rotatable bonds is 2. The van der Waals surface area contributed by atoms with E-state index in [9.17, 15) is 0 Å². The molecule has 1 amide bonds. The summed E-state index contributed by atoms with van der Waals surface area (Å²) in [5.74, 6) is 0.498. The number of amides is 1. The maximum Gasteiger partial charge on any atom is 0.402 e. The van der Waals surface area contributed by atoms with Crippen molar-refractivity contribution in [1.82, 2.24) is 0 Å². The van der Waals surface area contributed by atoms with E-state index in [2.05, 4.69) is 25.6 Å². The Labute approximate surface area is 89.4 Å². The summed E-state index contributed by atoms with van der Waals surface area (Å²) in [6, 6.07) is 8.00. The Kier molecular flexibility index (Phi) is 6.13. The molecular formula is C11H17NO3. The molecule has 0 aliphatic carbocycles. The van der Waals surface area contributed by atoms with Crippen molar-refractivity contribution in [3.8, 4) is 0 Å². The van der Waals surface area contributed by atoms with Crippen LogP contribution in [0.1, 0.15) is 30.9 Å². The molecule has 15 heavy (non-hydrogen) atoms. The number of primary amides is 1. The van der Waals surface area contributed by atoms with Crippen molar-refractivity contribution in [1.29, 1.82) is 0 Å². The Morgan fingerprint density at radius 3 is 2.20 bits per heavy atom. The van der Waals surface area contributed by atoms with E-state index in [4.69, 9.17) is 15.0 Å². The van der Waals surface area contributed by atoms with Gasteiger partial charge in [-0.1, -0.05) is 38.1 Å². The van der Waals surface area contributed by atoms with Gasteiger partial charge in [0, 0.05) is 0 Å². The molecule has 0 aliphatic rings. The van der Waals surface area contributed by atoms with Crippen molar-refractivity contribution >= 4 is 6.09 Å². The van der Waals surface area contributed by atoms with E-state index in [0.717, 1.165) is 5.56 Å². The highest BCUT2D eigenvalue weighted by molar-refractivity contribution is 5.61. The number of hydrogen-bond acceptors (Lipinski definition) is 2. The molecule has 0 aliphatic heterocycles. The van der Waals surface area contributed by atoms with Crippen molar-refractivity contribution in [3.05, 3.63) is 35.4 Å². The van der Waals surface area contributed by atoms with E-state index in [1.165, 1.54) is 5.56 Å². The zero-order valence-corrected chi connectivity index (χ0v) is 8.97. The van der Waals surface area contributed by atoms with Crippen molar-refractivity contribution in [2.45, 2.75) is 26.4 Å². The van der Waals surface area contributed by atoms with Crippen LogP contribution in [0.15, 0.2) is 24.3 Å². The normalized spacial score (nSPS) is 9.33. The molecule has 0 saturated heterocycles. The first kappa shape index (κ1) is 13.4. The van der Waals surface area contributed by atoms with Crippen LogP contribution in [-0.4, -0.2) is 16.3 Å². The van der Waals surface area contributed by atoms with E-state index < -0.39 is 6.09 Å². The molecular weight excluding hydrogens is 194 g/mol. The van der Waals surface area contributed by atoms with Gasteiger partial charge in [-0.15, -0.1) is 0 Å². The predicted molar refractivity (Wildman–Crippen MR) is 58.7 cm³/mol. The van der Waals surface area contributed by atoms with Crippen molar-refractivity contribution in [2.24, 2.45) is 5.73 Å². The van der Waals surface area contributed by atoms with Crippen molar-refractivity contribution in [2.75, 3.05) is 0 Å². The van der Waals surface area contributed by atoms with Crippen molar-refractivity contribution in [3.63, 3.8) is 0 Å². The summed E-state index contributed by atoms with van der Waals surface area (Å²) >= 11 is 0. The van der Waals surface area contributed by atoms with Gasteiger partial charge in [0.05, 0.1) is 6.61 Å². The van der Waals surface area contributed by atoms with E-state index in [1.54, 1.807) is 0 Å². The Bertz CT molecular complexity index is 306. The summed E-state index contributed by atoms with van der Waals surface area (Å²) < 4.78 is 0. The van der Waals surface area contributed by atoms with Gasteiger partial charge in [0.25, 0.3) is 0 Å². The van der Waals surface area contributed by atoms with Gasteiger partial charge in [-0.05, 0) is 17.0 Å². The molecule has 0 heterocycles. The van der Waals surface area contributed by atoms with Crippen molar-refractivity contribution < 1.29 is 15.0 Å². The number of aliphatic hydroxyl groups is 1. The molecule has 0 atom stereocenters. The smallest absolute Gasteiger partial charge is 0.402 e. The SMILES string of the molecule is CC(C)c1ccccc1CO.NC(=O)O. The van der Waals surface area contributed by atoms with Crippen LogP contribution < -0.4 is 5.73 Å². The molecule has 4 N–H and O–H groups in total. The Hall–Kier alpha value is -1.55. The van der Waals surface area contributed by atoms with Crippen LogP contribution in [0, 0.1) is 0 Å². The standard InChI is InChI=1S/C10H14O.CH3NO2/c1-8(2)10-6-4-3-5-9(10)7-11;2-1(3)4/h3-6,8,11H,7H2,1-2H3;2H2,(H,3,4). The molecule has 0 spiro atoms. The third kappa shape index (κ3) is 5.70. The first-order chi connectivity index (χ1) is 6.99. The van der Waals surface area contributed by atoms with Gasteiger partial charge in [0.1, 0.15) is 0 Å². The topological polar surface area (TPSA) is 83.5 Å². The highest BCUT2D eigenvalue weighted by Crippen LogP contribution is 2.18. The van der Waals surface area contributed by atoms with Crippen LogP contribution in [0.25, 0.3) is 0 Å². The highest BCUT2D eigenvalue weighted by atomic mass is 16.4. The number of carbonyl (C=O) groups is 1. The van der Waals surface area contributed by atoms with E-state index in [0.29, 0.717) is 5.92 Å². The fraction of sp³-hybridized carbons (Fsp3) is 0.364. The molecule has 0 aromatic heterocycles. The molecule has 0 bridgehead atoms. The molecule has 4 heteroatoms. The molecule has 0 radical (unpaired) electrons. The summed E-state index contributed by atoms with van der Waals surface area (Å²) in [5, 5.41) is 16.2. The minimum Gasteiger partial charge on any atom is -0.465 e. The lowest BCUT2D eigenvalue weighted by Gasteiger charge is -2.09. The van der Waals surface area contributed by atoms with Gasteiger partial charge < -0.3 is 15.9 Å². The summed E-state index contributed by atoms with van der Waals surface area (Å²) in [5.41, 5.74) is 6.32. The maximum atomic E-state index is 8.97. The highest BCUT2D eigenvalue weighted by Gasteiger charge is 2.02. The maximum absolute atomic E-state index is 8.97. The van der Waals surface area contributed by atoms with Gasteiger partial charge in [0.15, 0.2) is 0 Å². The Balaban J connectivity index is 0.000000423. The second kappa shape index (κ2) is 6.84. The summed E-state index contributed by atoms with van der Waals surface area (Å²) in [7, 11) is 0. The number of benzene rings is 1. The summed E-state index contributed by atoms with van der Waals surface area (Å²) in [4.78, 5) is 8.78. The molecule has 4 nitrogen and oxygen atoms in total. The Morgan fingerprint density at radius 2 is 1.87 bits per heavy atom. The predicted octanol–water partition coefficient (Wildman–Crippen LogP) is 1.93. The molecule has 0 fully saturated rings. The van der Waals surface area contributed by atoms with E-state index in [-0.39, 0.29) is 6.61 Å². The Morgan fingerprint density at radius 1 is 1.40 bits per heavy atom. The van der Waals surface area contributed by atoms with Crippen LogP contribution in [0.4, 0.5) is 4.79 Å². The molecule has 1 aromatic rings. The lowest BCUT2D eigenvalue weighted by atomic mass is 9.98. The van der Waals surface area contributed by atoms with Gasteiger partial charge in [0.2, 0.25) is 0 Å². The lowest BCUT2D eigenvalue weighted by Crippen LogP contribution is -2.03. The van der Waals surface area contributed by atoms with E-state index in [1.807, 2.05) is 18.2 Å². The van der Waals surface area contributed by atoms with Gasteiger partial charge >= 0.3 is 6.09 Å². The van der Waals surface area contributed by atoms with Crippen LogP contribution in [-0.2, 0) is 6.61 Å². The fourth-order valence-corrected chi connectivity index (χ4v) is 1.24. The van der Waals surface area contributed by atoms with Crippen LogP contribution in [0.3, 0.4) is 0 Å². The second-order valence-electron chi connectivity index (χ2n) is 3.35. The second-order valence-corrected chi connectivity index (χ2v) is 3.35. The third-order valence-electron chi connectivity index (χ3n) is 1.85. The first-order valence-electron chi connectivity index (χ1n) is 4.66. The third-order valence-corrected chi connectivity index (χ3v) is 1.85. The molecule has 84 valence electrons. The molecule has 1 aromatic carbocycles. The first-order valence-corrected chi connectivity index (χ1v) is 4.66. The average Bonchev–Trinajstić information content (AvgIpc) is 2.16. The summed E-state index contributed by atoms with van der Waals surface area (Å²) in [6.45, 7) is 4.41. The minimum atomic E-state index is -1.33. The molecule has 0 unspecified atom stereocenters. The van der Waals surface area contributed by atoms with Crippen LogP contribution in [0.2, 0.25) is 0 Å². The summed E-state index contributed by atoms with van der Waals surface area (Å²) in [6.07, 6.45) is -1.33. The number of carboxylic acid groups (broad SMARTS) is 1. The zero-order valence-electron chi connectivity index (χ0n) is 8.97. The monoisotopic (exact) mass is 211 g/mol. The largest absolute Gasteiger partial charge is 0.465 e. The lowest BCUT2D eigenvalue weighted by molar-refractivity contribution is 0.205. The molecule has 1 rings (SSSR count). The van der Waals surface area contributed by atoms with Crippen LogP contribution in [0.5, 0.6) is 0 Å². The van der Waals surface area contributed by atoms with Crippen LogP contribution >= 0.6 is 0 Å². The minimum absolute atomic E-state index is 0.147. The average molecular weight is 211 g/mol. The fourth-order valence-electron chi connectivity index (χ4n) is 1.24. The number of aliphatic hydroxyl groups excluding tert-OH is 1. The zero-order chi connectivity index (χ0) is 11.8. The van der Waals surface area contributed by atoms with Gasteiger partial charge in [-0.25, -0.2) is 4.79 Å². The van der Waals surface area contributed by atoms with Gasteiger partial charge in [-0.2, -0.15) is 0 Å². The van der Waals surface area contributed by atoms with E-state index >= 15 is 0 Å². The number of hydrogen-bond donors (Lipinski definition) is 3. The quantitative estimate of drug-likeness (QED) is 0.698.